The van der Waals surface area contributed by atoms with Crippen LogP contribution in [0.25, 0.3) is 16.7 Å². The molecule has 1 aliphatic carbocycles. The zero-order valence-electron chi connectivity index (χ0n) is 15.3. The Morgan fingerprint density at radius 1 is 1.19 bits per heavy atom. The second-order valence-corrected chi connectivity index (χ2v) is 6.46. The number of fused-ring (bicyclic) bond motifs is 1. The molecule has 2 heterocycles. The van der Waals surface area contributed by atoms with Crippen molar-refractivity contribution < 1.29 is 9.47 Å². The molecular formula is C19H20N4O4. The molecule has 0 atom stereocenters. The van der Waals surface area contributed by atoms with E-state index in [4.69, 9.17) is 9.47 Å². The van der Waals surface area contributed by atoms with Crippen LogP contribution in [0.2, 0.25) is 0 Å². The number of hydrogen-bond donors (Lipinski definition) is 2. The normalized spacial score (nSPS) is 13.6. The third kappa shape index (κ3) is 2.83. The Kier molecular flexibility index (Phi) is 4.10. The number of hydrogen-bond acceptors (Lipinski definition) is 6. The molecule has 2 N–H and O–H groups in total. The molecule has 0 saturated heterocycles. The fraction of sp³-hybridized carbons (Fsp3) is 0.316. The van der Waals surface area contributed by atoms with Crippen molar-refractivity contribution >= 4 is 16.6 Å². The molecule has 140 valence electrons. The second-order valence-electron chi connectivity index (χ2n) is 6.46. The Balaban J connectivity index is 1.96. The number of pyridine rings is 1. The summed E-state index contributed by atoms with van der Waals surface area (Å²) in [6, 6.07) is 6.83. The molecule has 0 unspecified atom stereocenters. The number of rotatable bonds is 5. The summed E-state index contributed by atoms with van der Waals surface area (Å²) in [7, 11) is 4.76. The molecule has 1 fully saturated rings. The fourth-order valence-electron chi connectivity index (χ4n) is 3.28. The molecule has 0 spiro atoms. The number of H-pyrrole nitrogens is 1. The van der Waals surface area contributed by atoms with Crippen LogP contribution in [-0.4, -0.2) is 35.8 Å². The smallest absolute Gasteiger partial charge is 0.334 e. The predicted molar refractivity (Wildman–Crippen MR) is 103 cm³/mol. The second kappa shape index (κ2) is 6.46. The Labute approximate surface area is 154 Å². The van der Waals surface area contributed by atoms with Crippen molar-refractivity contribution in [1.82, 2.24) is 14.5 Å². The first-order valence-corrected chi connectivity index (χ1v) is 8.67. The number of nitrogens with one attached hydrogen (secondary N) is 2. The maximum Gasteiger partial charge on any atom is 0.334 e. The van der Waals surface area contributed by atoms with Crippen LogP contribution in [-0.2, 0) is 0 Å². The van der Waals surface area contributed by atoms with Gasteiger partial charge in [0.15, 0.2) is 5.75 Å². The maximum atomic E-state index is 13.1. The first-order chi connectivity index (χ1) is 13.1. The highest BCUT2D eigenvalue weighted by Crippen LogP contribution is 2.44. The van der Waals surface area contributed by atoms with Gasteiger partial charge in [-0.25, -0.2) is 9.36 Å². The maximum absolute atomic E-state index is 13.1. The van der Waals surface area contributed by atoms with E-state index >= 15 is 0 Å². The van der Waals surface area contributed by atoms with Gasteiger partial charge in [0, 0.05) is 12.7 Å². The Morgan fingerprint density at radius 3 is 2.59 bits per heavy atom. The fourth-order valence-corrected chi connectivity index (χ4v) is 3.28. The first-order valence-electron chi connectivity index (χ1n) is 8.67. The molecule has 0 radical (unpaired) electrons. The van der Waals surface area contributed by atoms with Crippen molar-refractivity contribution in [2.24, 2.45) is 0 Å². The Morgan fingerprint density at radius 2 is 1.96 bits per heavy atom. The van der Waals surface area contributed by atoms with Crippen LogP contribution < -0.4 is 26.0 Å². The van der Waals surface area contributed by atoms with Crippen molar-refractivity contribution in [3.63, 3.8) is 0 Å². The van der Waals surface area contributed by atoms with Gasteiger partial charge in [0.05, 0.1) is 25.1 Å². The summed E-state index contributed by atoms with van der Waals surface area (Å²) in [6.07, 6.45) is 2.24. The number of methoxy groups -OCH3 is 2. The molecular weight excluding hydrogens is 348 g/mol. The number of benzene rings is 1. The van der Waals surface area contributed by atoms with E-state index in [1.165, 1.54) is 14.2 Å². The van der Waals surface area contributed by atoms with Gasteiger partial charge in [-0.05, 0) is 48.6 Å². The Bertz CT molecular complexity index is 1140. The van der Waals surface area contributed by atoms with Crippen LogP contribution in [0, 0.1) is 0 Å². The minimum atomic E-state index is -0.550. The predicted octanol–water partition coefficient (Wildman–Crippen LogP) is 2.01. The van der Waals surface area contributed by atoms with Gasteiger partial charge in [0.2, 0.25) is 0 Å². The van der Waals surface area contributed by atoms with Crippen LogP contribution >= 0.6 is 0 Å². The standard InChI is InChI=1S/C19H20N4O4/c1-20-13-9-12-14(8-11(13)10-4-5-10)21-19(25)23(18(12)24)16-7-6-15(26-2)17(22-16)27-3/h6-10,20H,4-5H2,1-3H3,(H,21,25). The highest BCUT2D eigenvalue weighted by Gasteiger charge is 2.27. The lowest BCUT2D eigenvalue weighted by Gasteiger charge is -2.12. The molecule has 1 saturated carbocycles. The van der Waals surface area contributed by atoms with Crippen LogP contribution in [0.4, 0.5) is 5.69 Å². The van der Waals surface area contributed by atoms with Gasteiger partial charge < -0.3 is 19.8 Å². The van der Waals surface area contributed by atoms with Gasteiger partial charge in [-0.3, -0.25) is 4.79 Å². The van der Waals surface area contributed by atoms with E-state index < -0.39 is 11.2 Å². The topological polar surface area (TPSA) is 98.2 Å². The molecule has 2 aromatic heterocycles. The van der Waals surface area contributed by atoms with Crippen molar-refractivity contribution in [2.45, 2.75) is 18.8 Å². The molecule has 3 aromatic rings. The average Bonchev–Trinajstić information content (AvgIpc) is 3.52. The van der Waals surface area contributed by atoms with Crippen molar-refractivity contribution in [3.05, 3.63) is 50.7 Å². The summed E-state index contributed by atoms with van der Waals surface area (Å²) in [4.78, 5) is 32.8. The van der Waals surface area contributed by atoms with E-state index in [1.807, 2.05) is 13.1 Å². The number of nitrogens with zero attached hydrogens (tertiary/aromatic N) is 2. The van der Waals surface area contributed by atoms with Gasteiger partial charge in [-0.2, -0.15) is 4.98 Å². The largest absolute Gasteiger partial charge is 0.491 e. The Hall–Kier alpha value is -3.29. The molecule has 0 aliphatic heterocycles. The molecule has 8 heteroatoms. The lowest BCUT2D eigenvalue weighted by molar-refractivity contribution is 0.342. The lowest BCUT2D eigenvalue weighted by Crippen LogP contribution is -2.34. The zero-order chi connectivity index (χ0) is 19.1. The SMILES string of the molecule is CNc1cc2c(=O)n(-c3ccc(OC)c(OC)n3)c(=O)[nH]c2cc1C1CC1. The molecule has 4 rings (SSSR count). The van der Waals surface area contributed by atoms with E-state index in [9.17, 15) is 9.59 Å². The summed E-state index contributed by atoms with van der Waals surface area (Å²) in [5.41, 5.74) is 1.57. The quantitative estimate of drug-likeness (QED) is 0.715. The van der Waals surface area contributed by atoms with E-state index in [-0.39, 0.29) is 11.7 Å². The van der Waals surface area contributed by atoms with Crippen molar-refractivity contribution in [2.75, 3.05) is 26.6 Å². The highest BCUT2D eigenvalue weighted by atomic mass is 16.5. The number of anilines is 1. The lowest BCUT2D eigenvalue weighted by atomic mass is 10.1. The zero-order valence-corrected chi connectivity index (χ0v) is 15.3. The van der Waals surface area contributed by atoms with Crippen LogP contribution in [0.15, 0.2) is 33.9 Å². The summed E-state index contributed by atoms with van der Waals surface area (Å²) in [5, 5.41) is 3.57. The van der Waals surface area contributed by atoms with Gasteiger partial charge in [0.1, 0.15) is 5.82 Å². The average molecular weight is 368 g/mol. The van der Waals surface area contributed by atoms with E-state index in [0.717, 1.165) is 28.7 Å². The van der Waals surface area contributed by atoms with Gasteiger partial charge >= 0.3 is 5.69 Å². The highest BCUT2D eigenvalue weighted by molar-refractivity contribution is 5.84. The monoisotopic (exact) mass is 368 g/mol. The van der Waals surface area contributed by atoms with Gasteiger partial charge in [-0.1, -0.05) is 0 Å². The molecule has 27 heavy (non-hydrogen) atoms. The van der Waals surface area contributed by atoms with Crippen LogP contribution in [0.3, 0.4) is 0 Å². The third-order valence-electron chi connectivity index (χ3n) is 4.81. The van der Waals surface area contributed by atoms with Gasteiger partial charge in [-0.15, -0.1) is 0 Å². The van der Waals surface area contributed by atoms with Crippen LogP contribution in [0.1, 0.15) is 24.3 Å². The van der Waals surface area contributed by atoms with Crippen LogP contribution in [0.5, 0.6) is 11.6 Å². The third-order valence-corrected chi connectivity index (χ3v) is 4.81. The molecule has 0 bridgehead atoms. The van der Waals surface area contributed by atoms with Crippen molar-refractivity contribution in [1.29, 1.82) is 0 Å². The van der Waals surface area contributed by atoms with Crippen molar-refractivity contribution in [3.8, 4) is 17.4 Å². The minimum Gasteiger partial charge on any atom is -0.491 e. The van der Waals surface area contributed by atoms with E-state index in [0.29, 0.717) is 22.6 Å². The summed E-state index contributed by atoms with van der Waals surface area (Å²) in [5.74, 6) is 1.26. The van der Waals surface area contributed by atoms with E-state index in [1.54, 1.807) is 18.2 Å². The summed E-state index contributed by atoms with van der Waals surface area (Å²) < 4.78 is 11.3. The molecule has 8 nitrogen and oxygen atoms in total. The molecule has 0 amide bonds. The molecule has 1 aliphatic rings. The first kappa shape index (κ1) is 17.1. The number of aromatic amines is 1. The van der Waals surface area contributed by atoms with Gasteiger partial charge in [0.25, 0.3) is 11.4 Å². The molecule has 1 aromatic carbocycles. The summed E-state index contributed by atoms with van der Waals surface area (Å²) >= 11 is 0. The minimum absolute atomic E-state index is 0.165. The van der Waals surface area contributed by atoms with E-state index in [2.05, 4.69) is 15.3 Å². The summed E-state index contributed by atoms with van der Waals surface area (Å²) in [6.45, 7) is 0. The number of aromatic nitrogens is 3. The number of ether oxygens (including phenoxy) is 2.